The molecule has 3 fully saturated rings. The Morgan fingerprint density at radius 2 is 0.526 bits per heavy atom. The molecule has 12 nitrogen and oxygen atoms in total. The van der Waals surface area contributed by atoms with Crippen molar-refractivity contribution in [3.8, 4) is 34.5 Å². The Morgan fingerprint density at radius 3 is 0.737 bits per heavy atom. The molecular formula is C42H36N3O9P3. The summed E-state index contributed by atoms with van der Waals surface area (Å²) in [5, 5.41) is 0. The maximum absolute atomic E-state index is 6.94. The van der Waals surface area contributed by atoms with Crippen LogP contribution < -0.4 is 27.1 Å². The van der Waals surface area contributed by atoms with Gasteiger partial charge in [-0.3, -0.25) is 0 Å². The van der Waals surface area contributed by atoms with Crippen LogP contribution in [0.5, 0.6) is 34.5 Å². The molecule has 0 spiro atoms. The van der Waals surface area contributed by atoms with Gasteiger partial charge in [-0.05, 0) is 89.5 Å². The van der Waals surface area contributed by atoms with E-state index in [4.69, 9.17) is 54.9 Å². The van der Waals surface area contributed by atoms with Gasteiger partial charge >= 0.3 is 23.0 Å². The second kappa shape index (κ2) is 15.2. The Hall–Kier alpha value is -5.31. The summed E-state index contributed by atoms with van der Waals surface area (Å²) in [5.74, 6) is 2.66. The molecule has 288 valence electrons. The van der Waals surface area contributed by atoms with Crippen LogP contribution in [0.15, 0.2) is 177 Å². The van der Waals surface area contributed by atoms with Crippen LogP contribution in [0.3, 0.4) is 0 Å². The second-order valence-electron chi connectivity index (χ2n) is 13.4. The minimum atomic E-state index is -3.99. The van der Waals surface area contributed by atoms with Crippen molar-refractivity contribution >= 4 is 23.0 Å². The lowest BCUT2D eigenvalue weighted by Crippen LogP contribution is -2.11. The highest BCUT2D eigenvalue weighted by atomic mass is 31.3. The van der Waals surface area contributed by atoms with Gasteiger partial charge in [-0.15, -0.1) is 0 Å². The fraction of sp³-hybridized carbons (Fsp3) is 0.143. The van der Waals surface area contributed by atoms with Crippen LogP contribution in [0.4, 0.5) is 0 Å². The van der Waals surface area contributed by atoms with Gasteiger partial charge in [0.1, 0.15) is 52.8 Å². The Bertz CT molecular complexity index is 2220. The topological polar surface area (TPSA) is 130 Å². The lowest BCUT2D eigenvalue weighted by molar-refractivity contribution is 0.415. The van der Waals surface area contributed by atoms with Crippen molar-refractivity contribution in [2.45, 2.75) is 18.3 Å². The summed E-state index contributed by atoms with van der Waals surface area (Å²) < 4.78 is 74.0. The maximum atomic E-state index is 6.94. The molecule has 57 heavy (non-hydrogen) atoms. The molecule has 0 saturated carbocycles. The monoisotopic (exact) mass is 819 g/mol. The van der Waals surface area contributed by atoms with E-state index >= 15 is 0 Å². The average molecular weight is 820 g/mol. The molecule has 0 bridgehead atoms. The highest BCUT2D eigenvalue weighted by molar-refractivity contribution is 7.79. The first kappa shape index (κ1) is 36.1. The highest BCUT2D eigenvalue weighted by Gasteiger charge is 2.49. The molecule has 3 atom stereocenters. The minimum absolute atomic E-state index is 0.0551. The largest absolute Gasteiger partial charge is 0.460 e. The number of rotatable bonds is 15. The third-order valence-corrected chi connectivity index (χ3v) is 17.1. The lowest BCUT2D eigenvalue weighted by Gasteiger charge is -2.33. The van der Waals surface area contributed by atoms with Crippen LogP contribution in [0.25, 0.3) is 0 Å². The van der Waals surface area contributed by atoms with Gasteiger partial charge in [-0.2, -0.15) is 0 Å². The number of hydrogen-bond donors (Lipinski definition) is 0. The molecule has 15 heteroatoms. The van der Waals surface area contributed by atoms with E-state index in [0.717, 1.165) is 16.7 Å². The average Bonchev–Trinajstić information content (AvgIpc) is 4.05. The molecule has 3 saturated heterocycles. The Balaban J connectivity index is 1.21. The first-order chi connectivity index (χ1) is 28.0. The molecule has 0 amide bonds. The van der Waals surface area contributed by atoms with Crippen LogP contribution in [-0.4, -0.2) is 19.8 Å². The summed E-state index contributed by atoms with van der Waals surface area (Å²) in [7, 11) is -12.0. The van der Waals surface area contributed by atoms with Gasteiger partial charge < -0.3 is 41.4 Å². The van der Waals surface area contributed by atoms with E-state index in [1.165, 1.54) is 0 Å². The van der Waals surface area contributed by atoms with Gasteiger partial charge in [0, 0.05) is 0 Å². The van der Waals surface area contributed by atoms with Crippen molar-refractivity contribution in [3.05, 3.63) is 180 Å². The zero-order valence-corrected chi connectivity index (χ0v) is 33.0. The summed E-state index contributed by atoms with van der Waals surface area (Å²) >= 11 is 0. The van der Waals surface area contributed by atoms with Crippen molar-refractivity contribution in [1.82, 2.24) is 0 Å². The number of epoxide rings is 3. The molecule has 0 aliphatic carbocycles. The van der Waals surface area contributed by atoms with Crippen LogP contribution in [0.2, 0.25) is 0 Å². The van der Waals surface area contributed by atoms with E-state index in [1.54, 1.807) is 0 Å². The predicted molar refractivity (Wildman–Crippen MR) is 217 cm³/mol. The Kier molecular flexibility index (Phi) is 9.63. The van der Waals surface area contributed by atoms with Gasteiger partial charge in [0.2, 0.25) is 0 Å². The zero-order chi connectivity index (χ0) is 38.1. The van der Waals surface area contributed by atoms with Crippen molar-refractivity contribution in [3.63, 3.8) is 0 Å². The van der Waals surface area contributed by atoms with Gasteiger partial charge in [0.15, 0.2) is 0 Å². The molecule has 6 aromatic rings. The Morgan fingerprint density at radius 1 is 0.316 bits per heavy atom. The van der Waals surface area contributed by atoms with Crippen LogP contribution >= 0.6 is 23.0 Å². The lowest BCUT2D eigenvalue weighted by atomic mass is 10.2. The number of hydrogen-bond acceptors (Lipinski definition) is 12. The van der Waals surface area contributed by atoms with Crippen molar-refractivity contribution in [2.75, 3.05) is 19.8 Å². The van der Waals surface area contributed by atoms with Crippen LogP contribution in [-0.2, 0) is 14.2 Å². The summed E-state index contributed by atoms with van der Waals surface area (Å²) in [6.07, 6.45) is 0.165. The molecule has 0 radical (unpaired) electrons. The summed E-state index contributed by atoms with van der Waals surface area (Å²) in [6.45, 7) is 2.02. The number of para-hydroxylation sites is 3. The van der Waals surface area contributed by atoms with Gasteiger partial charge in [-0.1, -0.05) is 105 Å². The SMILES string of the molecule is c1ccc(OP2(Oc3ccc(C4CO4)cc3)=NP(Oc3ccccc3)(Oc3ccc(C4CO4)cc3)=NP(Oc3ccccc3)(Oc3ccc(C4CO4)cc3)=N2)cc1. The fourth-order valence-corrected chi connectivity index (χ4v) is 15.0. The maximum Gasteiger partial charge on any atom is 0.460 e. The quantitative estimate of drug-likeness (QED) is 0.0734. The summed E-state index contributed by atoms with van der Waals surface area (Å²) in [4.78, 5) is 0. The standard InChI is InChI=1S/C42H36N3O9P3/c1-4-10-34(11-5-1)49-55(52-37-22-16-31(17-23-37)40-28-46-40)43-56(50-35-12-6-2-7-13-35,53-38-24-18-32(19-25-38)41-29-47-41)45-57(44-55,51-36-14-8-3-9-15-36)54-39-26-20-33(21-27-39)42-30-48-42/h1-27,40-42H,28-30H2. The number of benzene rings is 6. The summed E-state index contributed by atoms with van der Waals surface area (Å²) in [5.41, 5.74) is 3.09. The first-order valence-electron chi connectivity index (χ1n) is 18.4. The Labute approximate surface area is 330 Å². The number of ether oxygens (including phenoxy) is 3. The fourth-order valence-electron chi connectivity index (χ4n) is 5.98. The molecule has 4 heterocycles. The van der Waals surface area contributed by atoms with E-state index in [0.29, 0.717) is 54.3 Å². The molecule has 0 N–H and O–H groups in total. The van der Waals surface area contributed by atoms with E-state index in [2.05, 4.69) is 0 Å². The highest BCUT2D eigenvalue weighted by Crippen LogP contribution is 2.78. The first-order valence-corrected chi connectivity index (χ1v) is 23.0. The molecule has 4 aliphatic heterocycles. The van der Waals surface area contributed by atoms with Crippen molar-refractivity contribution in [1.29, 1.82) is 0 Å². The van der Waals surface area contributed by atoms with Gasteiger partial charge in [-0.25, -0.2) is 0 Å². The minimum Gasteiger partial charge on any atom is -0.413 e. The third-order valence-electron chi connectivity index (χ3n) is 9.01. The molecule has 10 rings (SSSR count). The molecule has 0 aromatic heterocycles. The molecule has 4 aliphatic rings. The zero-order valence-electron chi connectivity index (χ0n) is 30.3. The second-order valence-corrected chi connectivity index (χ2v) is 19.6. The third kappa shape index (κ3) is 8.68. The smallest absolute Gasteiger partial charge is 0.413 e. The van der Waals surface area contributed by atoms with E-state index < -0.39 is 23.0 Å². The molecule has 6 aromatic carbocycles. The van der Waals surface area contributed by atoms with E-state index in [1.807, 2.05) is 164 Å². The molecule has 3 unspecified atom stereocenters. The van der Waals surface area contributed by atoms with E-state index in [-0.39, 0.29) is 18.3 Å². The molecular weight excluding hydrogens is 783 g/mol. The van der Waals surface area contributed by atoms with Crippen molar-refractivity contribution in [2.24, 2.45) is 13.5 Å². The van der Waals surface area contributed by atoms with Crippen molar-refractivity contribution < 1.29 is 41.4 Å². The van der Waals surface area contributed by atoms with Gasteiger partial charge in [0.25, 0.3) is 0 Å². The van der Waals surface area contributed by atoms with Gasteiger partial charge in [0.05, 0.1) is 19.8 Å². The summed E-state index contributed by atoms with van der Waals surface area (Å²) in [6, 6.07) is 50.5. The number of nitrogens with zero attached hydrogens (tertiary/aromatic N) is 3. The normalized spacial score (nSPS) is 26.6. The van der Waals surface area contributed by atoms with E-state index in [9.17, 15) is 0 Å². The van der Waals surface area contributed by atoms with Crippen LogP contribution in [0, 0.1) is 0 Å². The predicted octanol–water partition coefficient (Wildman–Crippen LogP) is 12.5. The van der Waals surface area contributed by atoms with Crippen LogP contribution in [0.1, 0.15) is 35.0 Å².